The van der Waals surface area contributed by atoms with Gasteiger partial charge in [-0.25, -0.2) is 4.98 Å². The smallest absolute Gasteiger partial charge is 0.401 e. The number of carbonyl (C=O) groups excluding carboxylic acids is 1. The van der Waals surface area contributed by atoms with Gasteiger partial charge in [-0.15, -0.1) is 0 Å². The van der Waals surface area contributed by atoms with Crippen LogP contribution in [0, 0.1) is 0 Å². The molecular weight excluding hydrogens is 439 g/mol. The second-order valence-electron chi connectivity index (χ2n) is 6.45. The zero-order valence-electron chi connectivity index (χ0n) is 15.0. The highest BCUT2D eigenvalue weighted by molar-refractivity contribution is 9.10. The van der Waals surface area contributed by atoms with E-state index in [4.69, 9.17) is 4.74 Å². The zero-order valence-corrected chi connectivity index (χ0v) is 16.5. The maximum atomic E-state index is 13.0. The lowest BCUT2D eigenvalue weighted by Gasteiger charge is -2.23. The molecule has 28 heavy (non-hydrogen) atoms. The third kappa shape index (κ3) is 5.68. The molecular formula is C19H19BrF3N3O2. The van der Waals surface area contributed by atoms with E-state index < -0.39 is 12.7 Å². The first-order chi connectivity index (χ1) is 13.3. The fraction of sp³-hybridized carbons (Fsp3) is 0.368. The van der Waals surface area contributed by atoms with Gasteiger partial charge in [0.15, 0.2) is 0 Å². The largest absolute Gasteiger partial charge is 0.438 e. The topological polar surface area (TPSA) is 45.7 Å². The van der Waals surface area contributed by atoms with Crippen LogP contribution in [0.1, 0.15) is 16.8 Å². The second-order valence-corrected chi connectivity index (χ2v) is 7.36. The maximum absolute atomic E-state index is 13.0. The Labute approximate surface area is 169 Å². The number of amides is 1. The number of ether oxygens (including phenoxy) is 1. The van der Waals surface area contributed by atoms with Crippen LogP contribution in [0.2, 0.25) is 0 Å². The molecule has 1 aromatic carbocycles. The van der Waals surface area contributed by atoms with Crippen molar-refractivity contribution in [3.05, 3.63) is 52.6 Å². The predicted octanol–water partition coefficient (Wildman–Crippen LogP) is 4.35. The summed E-state index contributed by atoms with van der Waals surface area (Å²) < 4.78 is 44.5. The number of aromatic nitrogens is 1. The minimum absolute atomic E-state index is 0.172. The van der Waals surface area contributed by atoms with Gasteiger partial charge in [-0.2, -0.15) is 13.2 Å². The van der Waals surface area contributed by atoms with E-state index in [0.29, 0.717) is 25.3 Å². The predicted molar refractivity (Wildman–Crippen MR) is 101 cm³/mol. The van der Waals surface area contributed by atoms with Crippen LogP contribution in [0.3, 0.4) is 0 Å². The van der Waals surface area contributed by atoms with Crippen LogP contribution in [0.4, 0.5) is 13.2 Å². The molecule has 1 aliphatic rings. The molecule has 2 aromatic rings. The number of hydrogen-bond acceptors (Lipinski definition) is 4. The normalized spacial score (nSPS) is 15.9. The molecule has 0 unspecified atom stereocenters. The first-order valence-corrected chi connectivity index (χ1v) is 9.58. The van der Waals surface area contributed by atoms with E-state index in [-0.39, 0.29) is 30.4 Å². The molecule has 1 amide bonds. The number of benzene rings is 1. The average Bonchev–Trinajstić information content (AvgIpc) is 2.87. The van der Waals surface area contributed by atoms with E-state index in [0.717, 1.165) is 4.47 Å². The monoisotopic (exact) mass is 457 g/mol. The van der Waals surface area contributed by atoms with Crippen molar-refractivity contribution < 1.29 is 22.7 Å². The van der Waals surface area contributed by atoms with E-state index in [1.54, 1.807) is 29.2 Å². The molecule has 9 heteroatoms. The summed E-state index contributed by atoms with van der Waals surface area (Å²) in [5, 5.41) is 0. The Balaban J connectivity index is 1.71. The molecule has 5 nitrogen and oxygen atoms in total. The number of alkyl halides is 3. The summed E-state index contributed by atoms with van der Waals surface area (Å²) >= 11 is 3.34. The summed E-state index contributed by atoms with van der Waals surface area (Å²) in [5.74, 6) is 0.406. The van der Waals surface area contributed by atoms with Gasteiger partial charge in [-0.1, -0.05) is 15.9 Å². The lowest BCUT2D eigenvalue weighted by atomic mass is 10.2. The van der Waals surface area contributed by atoms with Gasteiger partial charge in [0.25, 0.3) is 5.91 Å². The fourth-order valence-electron chi connectivity index (χ4n) is 3.01. The van der Waals surface area contributed by atoms with E-state index in [2.05, 4.69) is 20.9 Å². The van der Waals surface area contributed by atoms with Crippen molar-refractivity contribution in [2.24, 2.45) is 0 Å². The minimum Gasteiger partial charge on any atom is -0.438 e. The fourth-order valence-corrected chi connectivity index (χ4v) is 3.27. The van der Waals surface area contributed by atoms with Crippen LogP contribution in [0.25, 0.3) is 0 Å². The summed E-state index contributed by atoms with van der Waals surface area (Å²) in [6.45, 7) is 0.133. The molecule has 1 aliphatic heterocycles. The molecule has 0 bridgehead atoms. The van der Waals surface area contributed by atoms with Crippen LogP contribution in [-0.4, -0.2) is 59.6 Å². The van der Waals surface area contributed by atoms with Crippen molar-refractivity contribution in [2.75, 3.05) is 32.7 Å². The van der Waals surface area contributed by atoms with Crippen molar-refractivity contribution in [1.29, 1.82) is 0 Å². The van der Waals surface area contributed by atoms with Crippen LogP contribution >= 0.6 is 15.9 Å². The summed E-state index contributed by atoms with van der Waals surface area (Å²) in [6.07, 6.45) is -2.24. The van der Waals surface area contributed by atoms with Gasteiger partial charge in [0.2, 0.25) is 5.88 Å². The van der Waals surface area contributed by atoms with Crippen LogP contribution in [-0.2, 0) is 0 Å². The van der Waals surface area contributed by atoms with Crippen molar-refractivity contribution >= 4 is 21.8 Å². The SMILES string of the molecule is O=C(c1cccnc1Oc1ccc(Br)cc1)N1CCCN(CC(F)(F)F)CC1. The summed E-state index contributed by atoms with van der Waals surface area (Å²) in [4.78, 5) is 20.0. The highest BCUT2D eigenvalue weighted by Crippen LogP contribution is 2.26. The van der Waals surface area contributed by atoms with Gasteiger partial charge >= 0.3 is 6.18 Å². The molecule has 0 aliphatic carbocycles. The number of hydrogen-bond donors (Lipinski definition) is 0. The Hall–Kier alpha value is -2.13. The Bertz CT molecular complexity index is 815. The van der Waals surface area contributed by atoms with Gasteiger partial charge in [-0.3, -0.25) is 9.69 Å². The molecule has 0 saturated carbocycles. The van der Waals surface area contributed by atoms with Crippen molar-refractivity contribution in [2.45, 2.75) is 12.6 Å². The van der Waals surface area contributed by atoms with Gasteiger partial charge in [-0.05, 0) is 42.8 Å². The molecule has 1 aromatic heterocycles. The number of carbonyl (C=O) groups is 1. The van der Waals surface area contributed by atoms with E-state index >= 15 is 0 Å². The second kappa shape index (κ2) is 8.91. The summed E-state index contributed by atoms with van der Waals surface area (Å²) in [5.41, 5.74) is 0.287. The summed E-state index contributed by atoms with van der Waals surface area (Å²) in [6, 6.07) is 10.4. The van der Waals surface area contributed by atoms with Crippen LogP contribution in [0.5, 0.6) is 11.6 Å². The van der Waals surface area contributed by atoms with Crippen LogP contribution < -0.4 is 4.74 Å². The zero-order chi connectivity index (χ0) is 20.1. The highest BCUT2D eigenvalue weighted by Gasteiger charge is 2.32. The molecule has 0 radical (unpaired) electrons. The average molecular weight is 458 g/mol. The molecule has 1 fully saturated rings. The number of nitrogens with zero attached hydrogens (tertiary/aromatic N) is 3. The van der Waals surface area contributed by atoms with Crippen molar-refractivity contribution in [1.82, 2.24) is 14.8 Å². The Kier molecular flexibility index (Phi) is 6.56. The van der Waals surface area contributed by atoms with Gasteiger partial charge in [0.1, 0.15) is 11.3 Å². The number of rotatable bonds is 4. The molecule has 3 rings (SSSR count). The first-order valence-electron chi connectivity index (χ1n) is 8.79. The Morgan fingerprint density at radius 3 is 2.57 bits per heavy atom. The third-order valence-electron chi connectivity index (χ3n) is 4.31. The van der Waals surface area contributed by atoms with Crippen molar-refractivity contribution in [3.8, 4) is 11.6 Å². The van der Waals surface area contributed by atoms with E-state index in [9.17, 15) is 18.0 Å². The van der Waals surface area contributed by atoms with Gasteiger partial charge in [0.05, 0.1) is 6.54 Å². The Morgan fingerprint density at radius 1 is 1.11 bits per heavy atom. The lowest BCUT2D eigenvalue weighted by Crippen LogP contribution is -2.38. The lowest BCUT2D eigenvalue weighted by molar-refractivity contribution is -0.145. The Morgan fingerprint density at radius 2 is 1.86 bits per heavy atom. The number of pyridine rings is 1. The van der Waals surface area contributed by atoms with Gasteiger partial charge in [0, 0.05) is 36.8 Å². The molecule has 2 heterocycles. The molecule has 150 valence electrons. The standard InChI is InChI=1S/C19H19BrF3N3O2/c20-14-4-6-15(7-5-14)28-17-16(3-1-8-24-17)18(27)26-10-2-9-25(11-12-26)13-19(21,22)23/h1,3-8H,2,9-13H2. The summed E-state index contributed by atoms with van der Waals surface area (Å²) in [7, 11) is 0. The van der Waals surface area contributed by atoms with E-state index in [1.165, 1.54) is 11.1 Å². The van der Waals surface area contributed by atoms with Gasteiger partial charge < -0.3 is 9.64 Å². The first kappa shape index (κ1) is 20.6. The third-order valence-corrected chi connectivity index (χ3v) is 4.84. The quantitative estimate of drug-likeness (QED) is 0.684. The molecule has 0 N–H and O–H groups in total. The van der Waals surface area contributed by atoms with Crippen molar-refractivity contribution in [3.63, 3.8) is 0 Å². The van der Waals surface area contributed by atoms with Crippen LogP contribution in [0.15, 0.2) is 47.1 Å². The van der Waals surface area contributed by atoms with E-state index in [1.807, 2.05) is 12.1 Å². The highest BCUT2D eigenvalue weighted by atomic mass is 79.9. The molecule has 0 spiro atoms. The number of halogens is 4. The minimum atomic E-state index is -4.24. The maximum Gasteiger partial charge on any atom is 0.401 e. The molecule has 1 saturated heterocycles. The molecule has 0 atom stereocenters.